The molecule has 45 heavy (non-hydrogen) atoms. The number of piperazine rings is 1. The maximum absolute atomic E-state index is 14.2. The Morgan fingerprint density at radius 3 is 2.31 bits per heavy atom. The SMILES string of the molecule is C=C(C[C@H](Cc1cc(C)c(O)c(C)c1)C(=O)N1CCN(C2CCOCC2)CC1)N1CCC(N2Cc3ccccc3NC2=O)CC1. The quantitative estimate of drug-likeness (QED) is 0.439. The molecule has 4 aliphatic rings. The van der Waals surface area contributed by atoms with E-state index in [0.29, 0.717) is 31.2 Å². The lowest BCUT2D eigenvalue weighted by atomic mass is 9.90. The van der Waals surface area contributed by atoms with E-state index in [0.717, 1.165) is 112 Å². The fourth-order valence-corrected chi connectivity index (χ4v) is 7.74. The van der Waals surface area contributed by atoms with Crippen LogP contribution < -0.4 is 5.32 Å². The summed E-state index contributed by atoms with van der Waals surface area (Å²) in [5, 5.41) is 13.4. The number of amides is 3. The number of allylic oxidation sites excluding steroid dienone is 1. The zero-order valence-electron chi connectivity index (χ0n) is 27.0. The number of phenols is 1. The van der Waals surface area contributed by atoms with E-state index in [1.807, 2.05) is 49.1 Å². The van der Waals surface area contributed by atoms with Crippen molar-refractivity contribution in [3.05, 3.63) is 70.9 Å². The Hall–Kier alpha value is -3.56. The van der Waals surface area contributed by atoms with Crippen LogP contribution in [0.15, 0.2) is 48.7 Å². The molecule has 0 spiro atoms. The first-order valence-corrected chi connectivity index (χ1v) is 16.7. The summed E-state index contributed by atoms with van der Waals surface area (Å²) in [6, 6.07) is 12.8. The highest BCUT2D eigenvalue weighted by molar-refractivity contribution is 5.92. The molecule has 242 valence electrons. The van der Waals surface area contributed by atoms with E-state index in [1.54, 1.807) is 0 Å². The third kappa shape index (κ3) is 7.15. The van der Waals surface area contributed by atoms with Gasteiger partial charge in [0.1, 0.15) is 5.75 Å². The van der Waals surface area contributed by atoms with Gasteiger partial charge in [-0.3, -0.25) is 9.69 Å². The summed E-state index contributed by atoms with van der Waals surface area (Å²) in [7, 11) is 0. The number of fused-ring (bicyclic) bond motifs is 1. The molecule has 4 aliphatic heterocycles. The maximum Gasteiger partial charge on any atom is 0.322 e. The van der Waals surface area contributed by atoms with Crippen LogP contribution in [-0.4, -0.2) is 101 Å². The number of nitrogens with one attached hydrogen (secondary N) is 1. The highest BCUT2D eigenvalue weighted by Crippen LogP contribution is 2.31. The monoisotopic (exact) mass is 615 g/mol. The first-order valence-electron chi connectivity index (χ1n) is 16.7. The van der Waals surface area contributed by atoms with E-state index in [9.17, 15) is 14.7 Å². The first kappa shape index (κ1) is 31.4. The predicted octanol–water partition coefficient (Wildman–Crippen LogP) is 4.91. The number of likely N-dealkylation sites (tertiary alicyclic amines) is 1. The molecule has 3 amide bonds. The standard InChI is InChI=1S/C36H49N5O4/c1-25-20-28(21-26(2)34(25)42)23-30(35(43)40-16-14-39(15-17-40)31-10-18-45-19-11-31)22-27(3)38-12-8-32(9-13-38)41-24-29-6-4-5-7-33(29)37-36(41)44/h4-7,20-21,30-32,42H,3,8-19,22-24H2,1-2H3,(H,37,44)/t30-/m1/s1. The number of hydrogen-bond acceptors (Lipinski definition) is 6. The fraction of sp³-hybridized carbons (Fsp3) is 0.556. The van der Waals surface area contributed by atoms with Crippen LogP contribution in [0.4, 0.5) is 10.5 Å². The molecule has 1 atom stereocenters. The van der Waals surface area contributed by atoms with Crippen molar-refractivity contribution in [2.45, 2.75) is 71.0 Å². The third-order valence-electron chi connectivity index (χ3n) is 10.4. The number of nitrogens with zero attached hydrogens (tertiary/aromatic N) is 4. The van der Waals surface area contributed by atoms with E-state index in [1.165, 1.54) is 0 Å². The highest BCUT2D eigenvalue weighted by atomic mass is 16.5. The lowest BCUT2D eigenvalue weighted by molar-refractivity contribution is -0.138. The minimum atomic E-state index is -0.224. The molecule has 9 heteroatoms. The Balaban J connectivity index is 1.09. The number of phenolic OH excluding ortho intramolecular Hbond substituents is 1. The molecule has 0 aliphatic carbocycles. The Morgan fingerprint density at radius 2 is 1.62 bits per heavy atom. The van der Waals surface area contributed by atoms with Gasteiger partial charge >= 0.3 is 6.03 Å². The lowest BCUT2D eigenvalue weighted by Crippen LogP contribution is -2.54. The van der Waals surface area contributed by atoms with Gasteiger partial charge < -0.3 is 29.9 Å². The van der Waals surface area contributed by atoms with E-state index < -0.39 is 0 Å². The molecule has 2 N–H and O–H groups in total. The van der Waals surface area contributed by atoms with Crippen LogP contribution in [0.1, 0.15) is 54.4 Å². The van der Waals surface area contributed by atoms with Crippen molar-refractivity contribution in [3.63, 3.8) is 0 Å². The molecule has 0 radical (unpaired) electrons. The van der Waals surface area contributed by atoms with Gasteiger partial charge in [-0.2, -0.15) is 0 Å². The molecule has 0 saturated carbocycles. The molecule has 3 saturated heterocycles. The topological polar surface area (TPSA) is 88.6 Å². The molecular weight excluding hydrogens is 566 g/mol. The van der Waals surface area contributed by atoms with Crippen molar-refractivity contribution < 1.29 is 19.4 Å². The average molecular weight is 616 g/mol. The Bertz CT molecular complexity index is 1370. The van der Waals surface area contributed by atoms with Crippen molar-refractivity contribution in [2.75, 3.05) is 57.8 Å². The van der Waals surface area contributed by atoms with E-state index in [4.69, 9.17) is 4.74 Å². The summed E-state index contributed by atoms with van der Waals surface area (Å²) in [5.41, 5.74) is 5.80. The van der Waals surface area contributed by atoms with Gasteiger partial charge in [0.2, 0.25) is 5.91 Å². The van der Waals surface area contributed by atoms with Crippen LogP contribution in [0.25, 0.3) is 0 Å². The molecule has 0 unspecified atom stereocenters. The summed E-state index contributed by atoms with van der Waals surface area (Å²) in [6.07, 6.45) is 5.10. The second-order valence-corrected chi connectivity index (χ2v) is 13.4. The third-order valence-corrected chi connectivity index (χ3v) is 10.4. The number of carbonyl (C=O) groups excluding carboxylic acids is 2. The van der Waals surface area contributed by atoms with Crippen molar-refractivity contribution in [1.29, 1.82) is 0 Å². The number of anilines is 1. The predicted molar refractivity (Wildman–Crippen MR) is 176 cm³/mol. The number of rotatable bonds is 8. The number of urea groups is 1. The molecule has 9 nitrogen and oxygen atoms in total. The van der Waals surface area contributed by atoms with Crippen LogP contribution >= 0.6 is 0 Å². The normalized spacial score (nSPS) is 20.9. The molecule has 4 heterocycles. The van der Waals surface area contributed by atoms with E-state index >= 15 is 0 Å². The number of carbonyl (C=O) groups is 2. The van der Waals surface area contributed by atoms with Crippen LogP contribution in [0.2, 0.25) is 0 Å². The molecule has 3 fully saturated rings. The number of benzene rings is 2. The minimum absolute atomic E-state index is 0.0203. The lowest BCUT2D eigenvalue weighted by Gasteiger charge is -2.43. The van der Waals surface area contributed by atoms with Gasteiger partial charge in [-0.15, -0.1) is 0 Å². The van der Waals surface area contributed by atoms with Crippen LogP contribution in [0, 0.1) is 19.8 Å². The largest absolute Gasteiger partial charge is 0.507 e. The Labute approximate surface area is 267 Å². The van der Waals surface area contributed by atoms with Gasteiger partial charge in [0, 0.05) is 88.4 Å². The number of aromatic hydroxyl groups is 1. The smallest absolute Gasteiger partial charge is 0.322 e. The highest BCUT2D eigenvalue weighted by Gasteiger charge is 2.34. The van der Waals surface area contributed by atoms with Gasteiger partial charge in [0.05, 0.1) is 0 Å². The summed E-state index contributed by atoms with van der Waals surface area (Å²) < 4.78 is 5.56. The van der Waals surface area contributed by atoms with Gasteiger partial charge in [-0.1, -0.05) is 36.9 Å². The fourth-order valence-electron chi connectivity index (χ4n) is 7.74. The Morgan fingerprint density at radius 1 is 0.956 bits per heavy atom. The first-order chi connectivity index (χ1) is 21.8. The molecular formula is C36H49N5O4. The van der Waals surface area contributed by atoms with Crippen molar-refractivity contribution in [3.8, 4) is 5.75 Å². The summed E-state index contributed by atoms with van der Waals surface area (Å²) in [4.78, 5) is 36.0. The number of hydrogen-bond donors (Lipinski definition) is 2. The number of aryl methyl sites for hydroxylation is 2. The number of piperidine rings is 1. The van der Waals surface area contributed by atoms with Crippen molar-refractivity contribution in [2.24, 2.45) is 5.92 Å². The summed E-state index contributed by atoms with van der Waals surface area (Å²) in [5.74, 6) is 0.297. The van der Waals surface area contributed by atoms with Gasteiger partial charge in [0.15, 0.2) is 0 Å². The average Bonchev–Trinajstić information content (AvgIpc) is 3.06. The molecule has 0 aromatic heterocycles. The van der Waals surface area contributed by atoms with Crippen LogP contribution in [0.5, 0.6) is 5.75 Å². The number of ether oxygens (including phenoxy) is 1. The van der Waals surface area contributed by atoms with Crippen molar-refractivity contribution in [1.82, 2.24) is 19.6 Å². The summed E-state index contributed by atoms with van der Waals surface area (Å²) in [6.45, 7) is 15.6. The minimum Gasteiger partial charge on any atom is -0.507 e. The molecule has 0 bridgehead atoms. The van der Waals surface area contributed by atoms with Crippen LogP contribution in [-0.2, 0) is 22.5 Å². The zero-order valence-corrected chi connectivity index (χ0v) is 27.0. The molecule has 6 rings (SSSR count). The van der Waals surface area contributed by atoms with E-state index in [-0.39, 0.29) is 23.9 Å². The molecule has 2 aromatic rings. The maximum atomic E-state index is 14.2. The van der Waals surface area contributed by atoms with Gasteiger partial charge in [-0.25, -0.2) is 4.79 Å². The second kappa shape index (κ2) is 13.8. The summed E-state index contributed by atoms with van der Waals surface area (Å²) >= 11 is 0. The van der Waals surface area contributed by atoms with Crippen LogP contribution in [0.3, 0.4) is 0 Å². The second-order valence-electron chi connectivity index (χ2n) is 13.4. The zero-order chi connectivity index (χ0) is 31.5. The number of para-hydroxylation sites is 1. The van der Waals surface area contributed by atoms with E-state index in [2.05, 4.69) is 32.7 Å². The Kier molecular flexibility index (Phi) is 9.66. The molecule has 2 aromatic carbocycles. The van der Waals surface area contributed by atoms with Crippen molar-refractivity contribution >= 4 is 17.6 Å². The van der Waals surface area contributed by atoms with Gasteiger partial charge in [-0.05, 0) is 80.7 Å². The van der Waals surface area contributed by atoms with Gasteiger partial charge in [0.25, 0.3) is 0 Å².